The Labute approximate surface area is 232 Å². The van der Waals surface area contributed by atoms with E-state index >= 15 is 0 Å². The van der Waals surface area contributed by atoms with Gasteiger partial charge >= 0.3 is 12.1 Å². The molecule has 0 spiro atoms. The van der Waals surface area contributed by atoms with Gasteiger partial charge in [-0.1, -0.05) is 65.0 Å². The Balaban J connectivity index is 1.82. The van der Waals surface area contributed by atoms with Crippen LogP contribution < -0.4 is 16.0 Å². The van der Waals surface area contributed by atoms with Crippen LogP contribution >= 0.6 is 0 Å². The predicted octanol–water partition coefficient (Wildman–Crippen LogP) is 3.26. The molecule has 2 fully saturated rings. The summed E-state index contributed by atoms with van der Waals surface area (Å²) in [6, 6.07) is 7.61. The first-order valence-corrected chi connectivity index (χ1v) is 14.0. The Morgan fingerprint density at radius 3 is 2.28 bits per heavy atom. The summed E-state index contributed by atoms with van der Waals surface area (Å²) in [5, 5.41) is 8.68. The number of nitrogens with zero attached hydrogens (tertiary/aromatic N) is 2. The highest BCUT2D eigenvalue weighted by Crippen LogP contribution is 2.35. The normalized spacial score (nSPS) is 22.2. The molecule has 2 saturated heterocycles. The summed E-state index contributed by atoms with van der Waals surface area (Å²) in [5.74, 6) is -0.616. The summed E-state index contributed by atoms with van der Waals surface area (Å²) >= 11 is 0. The van der Waals surface area contributed by atoms with Crippen molar-refractivity contribution in [3.8, 4) is 0 Å². The number of likely N-dealkylation sites (tertiary alicyclic amines) is 2. The zero-order valence-corrected chi connectivity index (χ0v) is 24.3. The number of carbonyl (C=O) groups excluding carboxylic acids is 4. The van der Waals surface area contributed by atoms with Crippen molar-refractivity contribution in [1.82, 2.24) is 25.8 Å². The largest absolute Gasteiger partial charge is 0.442 e. The van der Waals surface area contributed by atoms with Gasteiger partial charge in [0.2, 0.25) is 11.8 Å². The summed E-state index contributed by atoms with van der Waals surface area (Å²) in [7, 11) is 0. The first-order valence-electron chi connectivity index (χ1n) is 14.0. The summed E-state index contributed by atoms with van der Waals surface area (Å²) in [6.07, 6.45) is -0.0884. The number of ether oxygens (including phenoxy) is 1. The van der Waals surface area contributed by atoms with Crippen LogP contribution in [-0.4, -0.2) is 77.1 Å². The second-order valence-electron chi connectivity index (χ2n) is 12.0. The van der Waals surface area contributed by atoms with E-state index in [9.17, 15) is 19.2 Å². The SMILES string of the molecule is CC[C@@H](C)C(=O)N[C@H](C(=O)N1CC[C@@H]2[C@H]1[C@@H](OC(=O)NCc1ccccc1)CN2C(=O)NC(C)C)C(C)(C)C. The Hall–Kier alpha value is -3.30. The van der Waals surface area contributed by atoms with E-state index < -0.39 is 29.7 Å². The number of alkyl carbamates (subject to hydrolysis) is 1. The zero-order valence-electron chi connectivity index (χ0n) is 24.3. The Morgan fingerprint density at radius 2 is 1.69 bits per heavy atom. The minimum Gasteiger partial charge on any atom is -0.442 e. The van der Waals surface area contributed by atoms with E-state index in [1.54, 1.807) is 9.80 Å². The van der Waals surface area contributed by atoms with Crippen molar-refractivity contribution in [1.29, 1.82) is 0 Å². The van der Waals surface area contributed by atoms with Crippen molar-refractivity contribution in [2.75, 3.05) is 13.1 Å². The first-order chi connectivity index (χ1) is 18.3. The van der Waals surface area contributed by atoms with Crippen molar-refractivity contribution in [2.24, 2.45) is 11.3 Å². The maximum atomic E-state index is 14.0. The van der Waals surface area contributed by atoms with Crippen LogP contribution in [0.2, 0.25) is 0 Å². The molecule has 0 radical (unpaired) electrons. The molecule has 216 valence electrons. The van der Waals surface area contributed by atoms with Gasteiger partial charge in [-0.3, -0.25) is 9.59 Å². The summed E-state index contributed by atoms with van der Waals surface area (Å²) < 4.78 is 5.86. The lowest BCUT2D eigenvalue weighted by atomic mass is 9.85. The number of fused-ring (bicyclic) bond motifs is 1. The van der Waals surface area contributed by atoms with E-state index in [0.29, 0.717) is 25.9 Å². The Bertz CT molecular complexity index is 1020. The first kappa shape index (κ1) is 30.2. The minimum absolute atomic E-state index is 0.0646. The topological polar surface area (TPSA) is 120 Å². The van der Waals surface area contributed by atoms with E-state index in [1.165, 1.54) is 0 Å². The zero-order chi connectivity index (χ0) is 28.9. The third-order valence-electron chi connectivity index (χ3n) is 7.53. The van der Waals surface area contributed by atoms with Crippen LogP contribution in [0, 0.1) is 11.3 Å². The van der Waals surface area contributed by atoms with Gasteiger partial charge in [-0.05, 0) is 37.7 Å². The van der Waals surface area contributed by atoms with E-state index in [1.807, 2.05) is 78.8 Å². The molecular formula is C29H45N5O5. The smallest absolute Gasteiger partial charge is 0.407 e. The van der Waals surface area contributed by atoms with Crippen LogP contribution in [0.4, 0.5) is 9.59 Å². The van der Waals surface area contributed by atoms with Gasteiger partial charge in [0.05, 0.1) is 18.6 Å². The van der Waals surface area contributed by atoms with Gasteiger partial charge in [-0.2, -0.15) is 0 Å². The Kier molecular flexibility index (Phi) is 9.85. The third-order valence-corrected chi connectivity index (χ3v) is 7.53. The van der Waals surface area contributed by atoms with Gasteiger partial charge in [0.15, 0.2) is 0 Å². The second kappa shape index (κ2) is 12.7. The standard InChI is InChI=1S/C29H45N5O5/c1-8-19(4)25(35)32-24(29(5,6)7)26(36)33-15-14-21-23(33)22(17-34(21)27(37)31-18(2)3)39-28(38)30-16-20-12-10-9-11-13-20/h9-13,18-19,21-24H,8,14-17H2,1-7H3,(H,30,38)(H,31,37)(H,32,35)/t19-,21-,22+,23+,24-/m1/s1. The van der Waals surface area contributed by atoms with E-state index in [-0.39, 0.29) is 42.4 Å². The molecule has 5 amide bonds. The predicted molar refractivity (Wildman–Crippen MR) is 149 cm³/mol. The maximum Gasteiger partial charge on any atom is 0.407 e. The maximum absolute atomic E-state index is 14.0. The molecule has 39 heavy (non-hydrogen) atoms. The number of urea groups is 1. The lowest BCUT2D eigenvalue weighted by molar-refractivity contribution is -0.142. The molecule has 2 aliphatic rings. The van der Waals surface area contributed by atoms with Crippen molar-refractivity contribution in [2.45, 2.75) is 98.1 Å². The monoisotopic (exact) mass is 543 g/mol. The van der Waals surface area contributed by atoms with Crippen LogP contribution in [0.15, 0.2) is 30.3 Å². The van der Waals surface area contributed by atoms with E-state index in [2.05, 4.69) is 16.0 Å². The van der Waals surface area contributed by atoms with Crippen molar-refractivity contribution < 1.29 is 23.9 Å². The second-order valence-corrected chi connectivity index (χ2v) is 12.0. The molecule has 0 saturated carbocycles. The van der Waals surface area contributed by atoms with Crippen molar-refractivity contribution in [3.63, 3.8) is 0 Å². The molecule has 1 aromatic rings. The molecule has 2 heterocycles. The van der Waals surface area contributed by atoms with Crippen LogP contribution in [0.1, 0.15) is 66.9 Å². The molecule has 0 unspecified atom stereocenters. The van der Waals surface area contributed by atoms with E-state index in [4.69, 9.17) is 4.74 Å². The highest BCUT2D eigenvalue weighted by Gasteiger charge is 2.55. The molecule has 2 aliphatic heterocycles. The number of rotatable bonds is 8. The number of carbonyl (C=O) groups is 4. The molecule has 1 aromatic carbocycles. The highest BCUT2D eigenvalue weighted by atomic mass is 16.6. The summed E-state index contributed by atoms with van der Waals surface area (Å²) in [4.78, 5) is 56.1. The van der Waals surface area contributed by atoms with Gasteiger partial charge in [0.1, 0.15) is 12.1 Å². The Morgan fingerprint density at radius 1 is 1.03 bits per heavy atom. The lowest BCUT2D eigenvalue weighted by Crippen LogP contribution is -2.58. The molecule has 3 N–H and O–H groups in total. The summed E-state index contributed by atoms with van der Waals surface area (Å²) in [5.41, 5.74) is 0.383. The average molecular weight is 544 g/mol. The van der Waals surface area contributed by atoms with Crippen LogP contribution in [0.25, 0.3) is 0 Å². The van der Waals surface area contributed by atoms with Crippen LogP contribution in [0.3, 0.4) is 0 Å². The van der Waals surface area contributed by atoms with Gasteiger partial charge in [-0.15, -0.1) is 0 Å². The van der Waals surface area contributed by atoms with Crippen LogP contribution in [-0.2, 0) is 20.9 Å². The molecule has 0 aromatic heterocycles. The molecular weight excluding hydrogens is 498 g/mol. The fourth-order valence-electron chi connectivity index (χ4n) is 5.19. The van der Waals surface area contributed by atoms with Gasteiger partial charge in [0, 0.05) is 25.0 Å². The molecule has 5 atom stereocenters. The molecule has 10 heteroatoms. The number of benzene rings is 1. The number of amides is 5. The third kappa shape index (κ3) is 7.42. The van der Waals surface area contributed by atoms with Crippen LogP contribution in [0.5, 0.6) is 0 Å². The van der Waals surface area contributed by atoms with Gasteiger partial charge in [-0.25, -0.2) is 9.59 Å². The number of nitrogens with one attached hydrogen (secondary N) is 3. The molecule has 0 aliphatic carbocycles. The quantitative estimate of drug-likeness (QED) is 0.465. The van der Waals surface area contributed by atoms with Gasteiger partial charge in [0.25, 0.3) is 0 Å². The average Bonchev–Trinajstić information content (AvgIpc) is 3.46. The lowest BCUT2D eigenvalue weighted by Gasteiger charge is -2.37. The number of hydrogen-bond acceptors (Lipinski definition) is 5. The highest BCUT2D eigenvalue weighted by molar-refractivity contribution is 5.89. The molecule has 0 bridgehead atoms. The fraction of sp³-hybridized carbons (Fsp3) is 0.655. The van der Waals surface area contributed by atoms with Crippen molar-refractivity contribution >= 4 is 23.9 Å². The van der Waals surface area contributed by atoms with E-state index in [0.717, 1.165) is 5.56 Å². The summed E-state index contributed by atoms with van der Waals surface area (Å²) in [6.45, 7) is 14.2. The minimum atomic E-state index is -0.760. The molecule has 3 rings (SSSR count). The fourth-order valence-corrected chi connectivity index (χ4v) is 5.19. The number of hydrogen-bond donors (Lipinski definition) is 3. The van der Waals surface area contributed by atoms with Gasteiger partial charge < -0.3 is 30.5 Å². The van der Waals surface area contributed by atoms with Crippen molar-refractivity contribution in [3.05, 3.63) is 35.9 Å². The molecule has 10 nitrogen and oxygen atoms in total.